The lowest BCUT2D eigenvalue weighted by molar-refractivity contribution is -0.136. The Balaban J connectivity index is 2.24. The second-order valence-corrected chi connectivity index (χ2v) is 6.22. The molecule has 144 valence electrons. The average Bonchev–Trinajstić information content (AvgIpc) is 2.96. The molecule has 0 spiro atoms. The van der Waals surface area contributed by atoms with Gasteiger partial charge in [-0.3, -0.25) is 15.0 Å². The minimum Gasteiger partial charge on any atom is -0.480 e. The summed E-state index contributed by atoms with van der Waals surface area (Å²) >= 11 is 5.91. The second-order valence-electron chi connectivity index (χ2n) is 5.79. The molecule has 28 heavy (non-hydrogen) atoms. The van der Waals surface area contributed by atoms with Gasteiger partial charge in [-0.1, -0.05) is 35.9 Å². The standard InChI is InChI=1S/C18H15ClN4O5/c19-12-7-5-11(6-8-12)10-22-13-3-1-2-4-14(13)23(16(26)17(27)28)18(22)21-20-9-15(24)25/h1-8,20H,9-10H2,(H,24,25)(H,27,28)/b21-18-. The molecule has 3 rings (SSSR count). The highest BCUT2D eigenvalue weighted by molar-refractivity contribution is 6.33. The van der Waals surface area contributed by atoms with E-state index in [0.717, 1.165) is 10.1 Å². The second kappa shape index (κ2) is 7.97. The van der Waals surface area contributed by atoms with Crippen molar-refractivity contribution in [2.45, 2.75) is 6.54 Å². The minimum absolute atomic E-state index is 0.0372. The number of benzene rings is 2. The number of nitrogens with one attached hydrogen (secondary N) is 1. The van der Waals surface area contributed by atoms with E-state index in [0.29, 0.717) is 16.1 Å². The molecule has 10 heteroatoms. The predicted molar refractivity (Wildman–Crippen MR) is 99.9 cm³/mol. The summed E-state index contributed by atoms with van der Waals surface area (Å²) in [6.45, 7) is -0.241. The molecule has 0 atom stereocenters. The zero-order valence-corrected chi connectivity index (χ0v) is 15.1. The highest BCUT2D eigenvalue weighted by Gasteiger charge is 2.22. The lowest BCUT2D eigenvalue weighted by Crippen LogP contribution is -2.36. The number of aliphatic carboxylic acids is 2. The van der Waals surface area contributed by atoms with E-state index in [1.807, 2.05) is 0 Å². The number of carbonyl (C=O) groups excluding carboxylic acids is 1. The Labute approximate surface area is 163 Å². The van der Waals surface area contributed by atoms with Gasteiger partial charge in [-0.05, 0) is 29.8 Å². The number of hydrogen-bond acceptors (Lipinski definition) is 5. The molecule has 0 unspecified atom stereocenters. The van der Waals surface area contributed by atoms with E-state index in [4.69, 9.17) is 16.7 Å². The Hall–Kier alpha value is -3.59. The van der Waals surface area contributed by atoms with Crippen LogP contribution >= 0.6 is 11.6 Å². The quantitative estimate of drug-likeness (QED) is 0.437. The third kappa shape index (κ3) is 3.89. The SMILES string of the molecule is O=C(O)CN/N=c1/n(Cc2ccc(Cl)cc2)c2ccccc2n1C(=O)C(=O)O. The normalized spacial score (nSPS) is 11.5. The van der Waals surface area contributed by atoms with Crippen molar-refractivity contribution in [3.8, 4) is 0 Å². The summed E-state index contributed by atoms with van der Waals surface area (Å²) in [6.07, 6.45) is 0. The van der Waals surface area contributed by atoms with Crippen molar-refractivity contribution in [2.24, 2.45) is 5.10 Å². The lowest BCUT2D eigenvalue weighted by atomic mass is 10.2. The Kier molecular flexibility index (Phi) is 5.46. The zero-order chi connectivity index (χ0) is 20.3. The van der Waals surface area contributed by atoms with Crippen molar-refractivity contribution in [2.75, 3.05) is 6.54 Å². The molecule has 0 bridgehead atoms. The fourth-order valence-electron chi connectivity index (χ4n) is 2.73. The van der Waals surface area contributed by atoms with Crippen LogP contribution in [0, 0.1) is 0 Å². The van der Waals surface area contributed by atoms with Crippen molar-refractivity contribution in [1.29, 1.82) is 0 Å². The van der Waals surface area contributed by atoms with Crippen LogP contribution in [-0.2, 0) is 16.1 Å². The Morgan fingerprint density at radius 2 is 1.64 bits per heavy atom. The van der Waals surface area contributed by atoms with Crippen molar-refractivity contribution in [1.82, 2.24) is 14.6 Å². The summed E-state index contributed by atoms with van der Waals surface area (Å²) in [6, 6.07) is 13.7. The lowest BCUT2D eigenvalue weighted by Gasteiger charge is -2.06. The molecule has 0 saturated heterocycles. The van der Waals surface area contributed by atoms with E-state index in [1.54, 1.807) is 53.1 Å². The van der Waals surface area contributed by atoms with Gasteiger partial charge < -0.3 is 14.8 Å². The van der Waals surface area contributed by atoms with Crippen LogP contribution in [0.2, 0.25) is 5.02 Å². The van der Waals surface area contributed by atoms with Crippen molar-refractivity contribution in [3.05, 3.63) is 64.7 Å². The molecule has 2 aromatic carbocycles. The Morgan fingerprint density at radius 1 is 1.00 bits per heavy atom. The molecule has 0 aliphatic rings. The maximum absolute atomic E-state index is 12.3. The van der Waals surface area contributed by atoms with Crippen LogP contribution in [0.1, 0.15) is 10.4 Å². The maximum atomic E-state index is 12.3. The fourth-order valence-corrected chi connectivity index (χ4v) is 2.86. The Morgan fingerprint density at radius 3 is 2.25 bits per heavy atom. The van der Waals surface area contributed by atoms with E-state index in [2.05, 4.69) is 10.5 Å². The molecular formula is C18H15ClN4O5. The number of carboxylic acid groups (broad SMARTS) is 2. The average molecular weight is 403 g/mol. The third-order valence-electron chi connectivity index (χ3n) is 3.90. The molecule has 0 radical (unpaired) electrons. The van der Waals surface area contributed by atoms with E-state index in [1.165, 1.54) is 0 Å². The monoisotopic (exact) mass is 402 g/mol. The van der Waals surface area contributed by atoms with Gasteiger partial charge in [0.1, 0.15) is 6.54 Å². The summed E-state index contributed by atoms with van der Waals surface area (Å²) in [5, 5.41) is 22.6. The summed E-state index contributed by atoms with van der Waals surface area (Å²) in [5.74, 6) is -4.02. The van der Waals surface area contributed by atoms with E-state index >= 15 is 0 Å². The van der Waals surface area contributed by atoms with Crippen LogP contribution in [0.5, 0.6) is 0 Å². The summed E-state index contributed by atoms with van der Waals surface area (Å²) in [5.41, 5.74) is 4.03. The molecule has 0 aliphatic heterocycles. The van der Waals surface area contributed by atoms with Gasteiger partial charge in [0.25, 0.3) is 0 Å². The van der Waals surface area contributed by atoms with Gasteiger partial charge in [-0.25, -0.2) is 9.36 Å². The smallest absolute Gasteiger partial charge is 0.395 e. The number of rotatable bonds is 5. The van der Waals surface area contributed by atoms with Crippen LogP contribution in [-0.4, -0.2) is 43.7 Å². The molecule has 0 aliphatic carbocycles. The third-order valence-corrected chi connectivity index (χ3v) is 4.16. The van der Waals surface area contributed by atoms with Crippen molar-refractivity contribution in [3.63, 3.8) is 0 Å². The number of para-hydroxylation sites is 2. The first kappa shape index (κ1) is 19.2. The number of imidazole rings is 1. The predicted octanol–water partition coefficient (Wildman–Crippen LogP) is 1.36. The fraction of sp³-hybridized carbons (Fsp3) is 0.111. The van der Waals surface area contributed by atoms with Crippen LogP contribution < -0.4 is 11.0 Å². The molecule has 0 fully saturated rings. The number of fused-ring (bicyclic) bond motifs is 1. The molecule has 3 aromatic rings. The molecule has 3 N–H and O–H groups in total. The molecule has 9 nitrogen and oxygen atoms in total. The number of nitrogens with zero attached hydrogens (tertiary/aromatic N) is 3. The van der Waals surface area contributed by atoms with Gasteiger partial charge in [0.2, 0.25) is 5.62 Å². The van der Waals surface area contributed by atoms with Gasteiger partial charge >= 0.3 is 17.8 Å². The topological polar surface area (TPSA) is 126 Å². The first-order chi connectivity index (χ1) is 13.4. The van der Waals surface area contributed by atoms with Gasteiger partial charge in [0, 0.05) is 5.02 Å². The first-order valence-electron chi connectivity index (χ1n) is 8.09. The summed E-state index contributed by atoms with van der Waals surface area (Å²) < 4.78 is 2.55. The highest BCUT2D eigenvalue weighted by Crippen LogP contribution is 2.16. The molecular weight excluding hydrogens is 388 g/mol. The van der Waals surface area contributed by atoms with Gasteiger partial charge in [0.05, 0.1) is 17.6 Å². The number of halogens is 1. The maximum Gasteiger partial charge on any atom is 0.395 e. The molecule has 0 saturated carbocycles. The number of aromatic nitrogens is 2. The molecule has 0 amide bonds. The van der Waals surface area contributed by atoms with Crippen LogP contribution in [0.25, 0.3) is 11.0 Å². The van der Waals surface area contributed by atoms with E-state index in [-0.39, 0.29) is 12.2 Å². The van der Waals surface area contributed by atoms with E-state index in [9.17, 15) is 19.5 Å². The largest absolute Gasteiger partial charge is 0.480 e. The summed E-state index contributed by atoms with van der Waals surface area (Å²) in [7, 11) is 0. The molecule has 1 heterocycles. The van der Waals surface area contributed by atoms with E-state index < -0.39 is 24.4 Å². The van der Waals surface area contributed by atoms with Crippen LogP contribution in [0.3, 0.4) is 0 Å². The molecule has 1 aromatic heterocycles. The number of carboxylic acids is 2. The van der Waals surface area contributed by atoms with Gasteiger partial charge in [0.15, 0.2) is 0 Å². The van der Waals surface area contributed by atoms with Gasteiger partial charge in [-0.15, -0.1) is 5.10 Å². The van der Waals surface area contributed by atoms with Crippen LogP contribution in [0.15, 0.2) is 53.6 Å². The highest BCUT2D eigenvalue weighted by atomic mass is 35.5. The van der Waals surface area contributed by atoms with Crippen LogP contribution in [0.4, 0.5) is 0 Å². The zero-order valence-electron chi connectivity index (χ0n) is 14.4. The minimum atomic E-state index is -1.66. The van der Waals surface area contributed by atoms with Gasteiger partial charge in [-0.2, -0.15) is 0 Å². The Bertz CT molecular complexity index is 1130. The first-order valence-corrected chi connectivity index (χ1v) is 8.47. The number of carbonyl (C=O) groups is 3. The van der Waals surface area contributed by atoms with Crippen molar-refractivity contribution < 1.29 is 24.6 Å². The van der Waals surface area contributed by atoms with Crippen molar-refractivity contribution >= 4 is 40.5 Å². The number of hydrogen-bond donors (Lipinski definition) is 3. The summed E-state index contributed by atoms with van der Waals surface area (Å²) in [4.78, 5) is 34.4.